The number of nitrogens with one attached hydrogen (secondary N) is 1. The highest BCUT2D eigenvalue weighted by molar-refractivity contribution is 6.00. The van der Waals surface area contributed by atoms with Gasteiger partial charge in [-0.05, 0) is 41.8 Å². The van der Waals surface area contributed by atoms with Gasteiger partial charge in [-0.25, -0.2) is 0 Å². The summed E-state index contributed by atoms with van der Waals surface area (Å²) in [6, 6.07) is 14.6. The fourth-order valence-corrected chi connectivity index (χ4v) is 2.64. The van der Waals surface area contributed by atoms with E-state index >= 15 is 0 Å². The molecule has 3 aromatic rings. The molecule has 0 saturated heterocycles. The van der Waals surface area contributed by atoms with Crippen LogP contribution in [0, 0.1) is 0 Å². The SMILES string of the molecule is CNCc1cncc(-c2ccc(OC)c3ccccc23)c1. The number of ether oxygens (including phenoxy) is 1. The zero-order valence-corrected chi connectivity index (χ0v) is 12.3. The number of methoxy groups -OCH3 is 1. The molecule has 0 unspecified atom stereocenters. The summed E-state index contributed by atoms with van der Waals surface area (Å²) >= 11 is 0. The lowest BCUT2D eigenvalue weighted by Crippen LogP contribution is -2.05. The summed E-state index contributed by atoms with van der Waals surface area (Å²) in [4.78, 5) is 4.36. The molecule has 0 atom stereocenters. The number of benzene rings is 2. The molecule has 21 heavy (non-hydrogen) atoms. The van der Waals surface area contributed by atoms with Gasteiger partial charge in [0, 0.05) is 29.9 Å². The van der Waals surface area contributed by atoms with E-state index in [1.54, 1.807) is 7.11 Å². The summed E-state index contributed by atoms with van der Waals surface area (Å²) in [5, 5.41) is 5.46. The van der Waals surface area contributed by atoms with E-state index in [-0.39, 0.29) is 0 Å². The Hall–Kier alpha value is -2.39. The highest BCUT2D eigenvalue weighted by atomic mass is 16.5. The number of hydrogen-bond donors (Lipinski definition) is 1. The maximum Gasteiger partial charge on any atom is 0.126 e. The smallest absolute Gasteiger partial charge is 0.126 e. The highest BCUT2D eigenvalue weighted by Gasteiger charge is 2.08. The maximum absolute atomic E-state index is 5.46. The van der Waals surface area contributed by atoms with Crippen LogP contribution < -0.4 is 10.1 Å². The lowest BCUT2D eigenvalue weighted by molar-refractivity contribution is 0.420. The van der Waals surface area contributed by atoms with Crippen LogP contribution in [0.15, 0.2) is 54.9 Å². The van der Waals surface area contributed by atoms with Crippen molar-refractivity contribution in [1.29, 1.82) is 0 Å². The molecule has 3 nitrogen and oxygen atoms in total. The Labute approximate surface area is 124 Å². The van der Waals surface area contributed by atoms with Crippen molar-refractivity contribution in [3.05, 3.63) is 60.4 Å². The Balaban J connectivity index is 2.19. The van der Waals surface area contributed by atoms with Crippen LogP contribution >= 0.6 is 0 Å². The van der Waals surface area contributed by atoms with Gasteiger partial charge in [0.15, 0.2) is 0 Å². The molecule has 1 N–H and O–H groups in total. The van der Waals surface area contributed by atoms with Gasteiger partial charge in [-0.3, -0.25) is 4.98 Å². The first kappa shape index (κ1) is 13.6. The van der Waals surface area contributed by atoms with Crippen molar-refractivity contribution in [2.45, 2.75) is 6.54 Å². The minimum atomic E-state index is 0.814. The number of aromatic nitrogens is 1. The standard InChI is InChI=1S/C18H18N2O/c1-19-10-13-9-14(12-20-11-13)15-7-8-18(21-2)17-6-4-3-5-16(15)17/h3-9,11-12,19H,10H2,1-2H3. The lowest BCUT2D eigenvalue weighted by atomic mass is 9.98. The molecule has 3 rings (SSSR count). The van der Waals surface area contributed by atoms with Crippen LogP contribution in [-0.2, 0) is 6.54 Å². The van der Waals surface area contributed by atoms with Crippen LogP contribution in [0.5, 0.6) is 5.75 Å². The van der Waals surface area contributed by atoms with Gasteiger partial charge >= 0.3 is 0 Å². The summed E-state index contributed by atoms with van der Waals surface area (Å²) in [7, 11) is 3.64. The third kappa shape index (κ3) is 2.60. The Morgan fingerprint density at radius 3 is 2.62 bits per heavy atom. The molecule has 3 heteroatoms. The van der Waals surface area contributed by atoms with Gasteiger partial charge < -0.3 is 10.1 Å². The van der Waals surface area contributed by atoms with Gasteiger partial charge in [-0.1, -0.05) is 24.3 Å². The van der Waals surface area contributed by atoms with E-state index in [4.69, 9.17) is 4.74 Å². The monoisotopic (exact) mass is 278 g/mol. The lowest BCUT2D eigenvalue weighted by Gasteiger charge is -2.11. The van der Waals surface area contributed by atoms with Crippen molar-refractivity contribution in [2.75, 3.05) is 14.2 Å². The van der Waals surface area contributed by atoms with Crippen LogP contribution in [0.3, 0.4) is 0 Å². The number of nitrogens with zero attached hydrogens (tertiary/aromatic N) is 1. The summed E-state index contributed by atoms with van der Waals surface area (Å²) in [6.07, 6.45) is 3.80. The normalized spacial score (nSPS) is 10.8. The van der Waals surface area contributed by atoms with Crippen molar-refractivity contribution in [3.63, 3.8) is 0 Å². The number of fused-ring (bicyclic) bond motifs is 1. The molecule has 0 saturated carbocycles. The molecule has 0 aliphatic heterocycles. The molecular weight excluding hydrogens is 260 g/mol. The van der Waals surface area contributed by atoms with E-state index in [0.717, 1.165) is 23.2 Å². The molecule has 0 amide bonds. The Bertz CT molecular complexity index is 768. The largest absolute Gasteiger partial charge is 0.496 e. The third-order valence-electron chi connectivity index (χ3n) is 3.59. The third-order valence-corrected chi connectivity index (χ3v) is 3.59. The number of rotatable bonds is 4. The summed E-state index contributed by atoms with van der Waals surface area (Å²) in [5.41, 5.74) is 3.48. The van der Waals surface area contributed by atoms with Crippen molar-refractivity contribution >= 4 is 10.8 Å². The van der Waals surface area contributed by atoms with E-state index in [1.807, 2.05) is 31.6 Å². The number of hydrogen-bond acceptors (Lipinski definition) is 3. The first-order chi connectivity index (χ1) is 10.3. The second-order valence-corrected chi connectivity index (χ2v) is 4.97. The van der Waals surface area contributed by atoms with Crippen LogP contribution in [0.4, 0.5) is 0 Å². The molecule has 0 radical (unpaired) electrons. The Morgan fingerprint density at radius 1 is 1.05 bits per heavy atom. The van der Waals surface area contributed by atoms with E-state index in [2.05, 4.69) is 40.6 Å². The average molecular weight is 278 g/mol. The second kappa shape index (κ2) is 5.94. The first-order valence-corrected chi connectivity index (χ1v) is 6.98. The Morgan fingerprint density at radius 2 is 1.86 bits per heavy atom. The Kier molecular flexibility index (Phi) is 3.84. The minimum absolute atomic E-state index is 0.814. The highest BCUT2D eigenvalue weighted by Crippen LogP contribution is 2.34. The minimum Gasteiger partial charge on any atom is -0.496 e. The zero-order valence-electron chi connectivity index (χ0n) is 12.3. The quantitative estimate of drug-likeness (QED) is 0.791. The van der Waals surface area contributed by atoms with E-state index in [1.165, 1.54) is 16.5 Å². The van der Waals surface area contributed by atoms with Crippen molar-refractivity contribution in [3.8, 4) is 16.9 Å². The topological polar surface area (TPSA) is 34.2 Å². The van der Waals surface area contributed by atoms with E-state index < -0.39 is 0 Å². The predicted octanol–water partition coefficient (Wildman–Crippen LogP) is 3.63. The molecule has 0 fully saturated rings. The predicted molar refractivity (Wildman–Crippen MR) is 86.5 cm³/mol. The van der Waals surface area contributed by atoms with Gasteiger partial charge in [0.25, 0.3) is 0 Å². The summed E-state index contributed by atoms with van der Waals surface area (Å²) in [6.45, 7) is 0.814. The van der Waals surface area contributed by atoms with Gasteiger partial charge in [0.2, 0.25) is 0 Å². The molecular formula is C18H18N2O. The molecule has 0 spiro atoms. The van der Waals surface area contributed by atoms with Gasteiger partial charge in [-0.15, -0.1) is 0 Å². The molecule has 2 aromatic carbocycles. The molecule has 0 bridgehead atoms. The van der Waals surface area contributed by atoms with E-state index in [0.29, 0.717) is 0 Å². The van der Waals surface area contributed by atoms with Crippen LogP contribution in [0.2, 0.25) is 0 Å². The fourth-order valence-electron chi connectivity index (χ4n) is 2.64. The maximum atomic E-state index is 5.46. The van der Waals surface area contributed by atoms with Gasteiger partial charge in [0.1, 0.15) is 5.75 Å². The summed E-state index contributed by atoms with van der Waals surface area (Å²) in [5.74, 6) is 0.897. The molecule has 1 aromatic heterocycles. The molecule has 106 valence electrons. The number of pyridine rings is 1. The zero-order chi connectivity index (χ0) is 14.7. The molecule has 1 heterocycles. The fraction of sp³-hybridized carbons (Fsp3) is 0.167. The van der Waals surface area contributed by atoms with Crippen molar-refractivity contribution in [1.82, 2.24) is 10.3 Å². The van der Waals surface area contributed by atoms with Gasteiger partial charge in [-0.2, -0.15) is 0 Å². The van der Waals surface area contributed by atoms with Crippen molar-refractivity contribution < 1.29 is 4.74 Å². The average Bonchev–Trinajstić information content (AvgIpc) is 2.54. The second-order valence-electron chi connectivity index (χ2n) is 4.97. The van der Waals surface area contributed by atoms with Crippen LogP contribution in [0.25, 0.3) is 21.9 Å². The van der Waals surface area contributed by atoms with Crippen molar-refractivity contribution in [2.24, 2.45) is 0 Å². The molecule has 0 aliphatic carbocycles. The molecule has 0 aliphatic rings. The van der Waals surface area contributed by atoms with E-state index in [9.17, 15) is 0 Å². The van der Waals surface area contributed by atoms with Crippen LogP contribution in [0.1, 0.15) is 5.56 Å². The van der Waals surface area contributed by atoms with Gasteiger partial charge in [0.05, 0.1) is 7.11 Å². The first-order valence-electron chi connectivity index (χ1n) is 6.98. The summed E-state index contributed by atoms with van der Waals surface area (Å²) < 4.78 is 5.46. The van der Waals surface area contributed by atoms with Crippen LogP contribution in [-0.4, -0.2) is 19.1 Å².